The van der Waals surface area contributed by atoms with Gasteiger partial charge in [0.25, 0.3) is 0 Å². The molecule has 0 saturated carbocycles. The number of ketones is 1. The molecule has 23 heavy (non-hydrogen) atoms. The van der Waals surface area contributed by atoms with Crippen LogP contribution >= 0.6 is 39.1 Å². The van der Waals surface area contributed by atoms with E-state index in [-0.39, 0.29) is 23.8 Å². The highest BCUT2D eigenvalue weighted by atomic mass is 79.9. The number of rotatable bonds is 7. The van der Waals surface area contributed by atoms with Gasteiger partial charge in [-0.05, 0) is 48.0 Å². The van der Waals surface area contributed by atoms with Gasteiger partial charge < -0.3 is 9.47 Å². The lowest BCUT2D eigenvalue weighted by atomic mass is 9.89. The smallest absolute Gasteiger partial charge is 0.320 e. The molecular weight excluding hydrogens is 409 g/mol. The van der Waals surface area contributed by atoms with E-state index in [2.05, 4.69) is 15.9 Å². The van der Waals surface area contributed by atoms with Crippen LogP contribution in [-0.2, 0) is 14.3 Å². The third kappa shape index (κ3) is 6.02. The van der Waals surface area contributed by atoms with Crippen LogP contribution in [0.5, 0.6) is 5.75 Å². The van der Waals surface area contributed by atoms with E-state index >= 15 is 0 Å². The van der Waals surface area contributed by atoms with Crippen molar-refractivity contribution in [3.8, 4) is 11.8 Å². The molecule has 0 aliphatic rings. The molecule has 1 unspecified atom stereocenters. The van der Waals surface area contributed by atoms with Crippen LogP contribution in [0.3, 0.4) is 0 Å². The van der Waals surface area contributed by atoms with Gasteiger partial charge in [0.1, 0.15) is 18.8 Å². The number of carbonyl (C=O) groups is 2. The molecule has 0 aliphatic carbocycles. The fourth-order valence-corrected chi connectivity index (χ4v) is 2.76. The molecule has 1 rings (SSSR count). The minimum atomic E-state index is -1.00. The number of carbonyl (C=O) groups excluding carboxylic acids is 2. The Kier molecular flexibility index (Phi) is 7.33. The SMILES string of the molecule is CC(C)(COC(=O)CC#N)C(=O)C(Br)Oc1ccc(Cl)cc1Cl. The molecule has 0 spiro atoms. The molecule has 0 fully saturated rings. The quantitative estimate of drug-likeness (QED) is 0.487. The number of esters is 1. The summed E-state index contributed by atoms with van der Waals surface area (Å²) in [7, 11) is 0. The number of nitriles is 1. The Hall–Kier alpha value is -1.29. The molecule has 124 valence electrons. The lowest BCUT2D eigenvalue weighted by Gasteiger charge is -2.25. The summed E-state index contributed by atoms with van der Waals surface area (Å²) in [6, 6.07) is 6.31. The zero-order chi connectivity index (χ0) is 17.6. The number of ether oxygens (including phenoxy) is 2. The van der Waals surface area contributed by atoms with Gasteiger partial charge in [-0.2, -0.15) is 5.26 Å². The fraction of sp³-hybridized carbons (Fsp3) is 0.400. The predicted octanol–water partition coefficient (Wildman–Crippen LogP) is 4.15. The Bertz CT molecular complexity index is 643. The minimum Gasteiger partial charge on any atom is -0.470 e. The molecule has 8 heteroatoms. The van der Waals surface area contributed by atoms with Gasteiger partial charge >= 0.3 is 5.97 Å². The average molecular weight is 423 g/mol. The Labute approximate surface area is 152 Å². The molecule has 0 N–H and O–H groups in total. The van der Waals surface area contributed by atoms with Crippen molar-refractivity contribution in [2.45, 2.75) is 25.3 Å². The first-order valence-corrected chi connectivity index (χ1v) is 8.17. The second kappa shape index (κ2) is 8.53. The van der Waals surface area contributed by atoms with Gasteiger partial charge in [-0.1, -0.05) is 23.2 Å². The molecule has 1 atom stereocenters. The molecule has 0 bridgehead atoms. The van der Waals surface area contributed by atoms with Gasteiger partial charge in [-0.25, -0.2) is 0 Å². The summed E-state index contributed by atoms with van der Waals surface area (Å²) < 4.78 is 10.4. The number of benzene rings is 1. The van der Waals surface area contributed by atoms with Crippen molar-refractivity contribution in [3.05, 3.63) is 28.2 Å². The van der Waals surface area contributed by atoms with E-state index in [1.54, 1.807) is 32.0 Å². The van der Waals surface area contributed by atoms with Crippen molar-refractivity contribution < 1.29 is 19.1 Å². The maximum Gasteiger partial charge on any atom is 0.320 e. The minimum absolute atomic E-state index is 0.161. The Balaban J connectivity index is 2.70. The normalized spacial score (nSPS) is 12.2. The Morgan fingerprint density at radius 3 is 2.61 bits per heavy atom. The first-order valence-electron chi connectivity index (χ1n) is 6.50. The highest BCUT2D eigenvalue weighted by Crippen LogP contribution is 2.31. The summed E-state index contributed by atoms with van der Waals surface area (Å²) in [5, 5.41) is 8.15. The molecule has 0 heterocycles. The average Bonchev–Trinajstić information content (AvgIpc) is 2.47. The van der Waals surface area contributed by atoms with Gasteiger partial charge in [-0.3, -0.25) is 9.59 Å². The third-order valence-corrected chi connectivity index (χ3v) is 3.95. The maximum atomic E-state index is 12.4. The number of halogens is 3. The van der Waals surface area contributed by atoms with Gasteiger partial charge in [0.15, 0.2) is 5.78 Å². The second-order valence-electron chi connectivity index (χ2n) is 5.25. The zero-order valence-corrected chi connectivity index (χ0v) is 15.5. The molecule has 0 aromatic heterocycles. The lowest BCUT2D eigenvalue weighted by Crippen LogP contribution is -2.38. The van der Waals surface area contributed by atoms with E-state index in [9.17, 15) is 9.59 Å². The third-order valence-electron chi connectivity index (χ3n) is 2.81. The highest BCUT2D eigenvalue weighted by Gasteiger charge is 2.35. The molecule has 0 radical (unpaired) electrons. The Morgan fingerprint density at radius 1 is 1.39 bits per heavy atom. The first-order chi connectivity index (χ1) is 10.7. The van der Waals surface area contributed by atoms with Crippen LogP contribution in [0.15, 0.2) is 18.2 Å². The first kappa shape index (κ1) is 19.8. The topological polar surface area (TPSA) is 76.4 Å². The summed E-state index contributed by atoms with van der Waals surface area (Å²) >= 11 is 14.9. The van der Waals surface area contributed by atoms with Crippen LogP contribution in [-0.4, -0.2) is 23.4 Å². The number of alkyl halides is 1. The van der Waals surface area contributed by atoms with Gasteiger partial charge in [0.05, 0.1) is 16.5 Å². The van der Waals surface area contributed by atoms with Crippen molar-refractivity contribution in [1.82, 2.24) is 0 Å². The molecule has 1 aromatic rings. The van der Waals surface area contributed by atoms with Crippen molar-refractivity contribution in [2.75, 3.05) is 6.61 Å². The summed E-state index contributed by atoms with van der Waals surface area (Å²) in [6.45, 7) is 3.05. The largest absolute Gasteiger partial charge is 0.470 e. The molecular formula is C15H14BrCl2NO4. The molecule has 1 aromatic carbocycles. The van der Waals surface area contributed by atoms with Crippen LogP contribution in [0.25, 0.3) is 0 Å². The highest BCUT2D eigenvalue weighted by molar-refractivity contribution is 9.09. The van der Waals surface area contributed by atoms with E-state index in [0.717, 1.165) is 0 Å². The maximum absolute atomic E-state index is 12.4. The van der Waals surface area contributed by atoms with Gasteiger partial charge in [0.2, 0.25) is 5.01 Å². The molecule has 5 nitrogen and oxygen atoms in total. The van der Waals surface area contributed by atoms with Gasteiger partial charge in [-0.15, -0.1) is 0 Å². The molecule has 0 saturated heterocycles. The summed E-state index contributed by atoms with van der Waals surface area (Å²) in [5.41, 5.74) is -1.00. The van der Waals surface area contributed by atoms with Crippen LogP contribution in [0.1, 0.15) is 20.3 Å². The van der Waals surface area contributed by atoms with Crippen molar-refractivity contribution >= 4 is 50.9 Å². The van der Waals surface area contributed by atoms with E-state index in [1.807, 2.05) is 0 Å². The van der Waals surface area contributed by atoms with Crippen LogP contribution in [0, 0.1) is 16.7 Å². The fourth-order valence-electron chi connectivity index (χ4n) is 1.49. The summed E-state index contributed by atoms with van der Waals surface area (Å²) in [5.74, 6) is -0.724. The summed E-state index contributed by atoms with van der Waals surface area (Å²) in [4.78, 5) is 23.6. The van der Waals surface area contributed by atoms with Crippen LogP contribution in [0.2, 0.25) is 10.0 Å². The predicted molar refractivity (Wildman–Crippen MR) is 89.8 cm³/mol. The van der Waals surface area contributed by atoms with Crippen molar-refractivity contribution in [1.29, 1.82) is 5.26 Å². The van der Waals surface area contributed by atoms with E-state index in [4.69, 9.17) is 37.9 Å². The van der Waals surface area contributed by atoms with E-state index < -0.39 is 16.4 Å². The van der Waals surface area contributed by atoms with Gasteiger partial charge in [0, 0.05) is 5.02 Å². The number of hydrogen-bond donors (Lipinski definition) is 0. The lowest BCUT2D eigenvalue weighted by molar-refractivity contribution is -0.148. The van der Waals surface area contributed by atoms with Crippen molar-refractivity contribution in [3.63, 3.8) is 0 Å². The summed E-state index contributed by atoms with van der Waals surface area (Å²) in [6.07, 6.45) is -0.362. The number of Topliss-reactive ketones (excluding diaryl/α,β-unsaturated/α-hetero) is 1. The van der Waals surface area contributed by atoms with Crippen LogP contribution in [0.4, 0.5) is 0 Å². The van der Waals surface area contributed by atoms with Crippen molar-refractivity contribution in [2.24, 2.45) is 5.41 Å². The standard InChI is InChI=1S/C15H14BrCl2NO4/c1-15(2,8-22-12(20)5-6-19)13(21)14(16)23-11-4-3-9(17)7-10(11)18/h3-4,7,14H,5,8H2,1-2H3. The number of hydrogen-bond acceptors (Lipinski definition) is 5. The Morgan fingerprint density at radius 2 is 2.04 bits per heavy atom. The van der Waals surface area contributed by atoms with E-state index in [1.165, 1.54) is 6.07 Å². The zero-order valence-electron chi connectivity index (χ0n) is 12.4. The molecule has 0 amide bonds. The second-order valence-corrected chi connectivity index (χ2v) is 6.93. The number of nitrogens with zero attached hydrogens (tertiary/aromatic N) is 1. The van der Waals surface area contributed by atoms with Crippen LogP contribution < -0.4 is 4.74 Å². The van der Waals surface area contributed by atoms with E-state index in [0.29, 0.717) is 10.8 Å². The monoisotopic (exact) mass is 421 g/mol. The molecule has 0 aliphatic heterocycles.